The second-order valence-corrected chi connectivity index (χ2v) is 10.8. The third-order valence-electron chi connectivity index (χ3n) is 7.26. The summed E-state index contributed by atoms with van der Waals surface area (Å²) in [6.45, 7) is 14.4. The normalized spacial score (nSPS) is 12.6. The van der Waals surface area contributed by atoms with Gasteiger partial charge in [-0.25, -0.2) is 0 Å². The predicted octanol–water partition coefficient (Wildman–Crippen LogP) is 7.25. The summed E-state index contributed by atoms with van der Waals surface area (Å²) in [6.07, 6.45) is 1.65. The number of carbonyl (C=O) groups is 2. The Bertz CT molecular complexity index is 1080. The SMILES string of the molecule is CCC(Oc1ccc(C(C)(C)CC)cc1C(C)(C)CC)C(=O)Nc1cc(O)ccc1NC(=O)CCCF. The van der Waals surface area contributed by atoms with E-state index in [-0.39, 0.29) is 41.0 Å². The molecule has 0 aromatic heterocycles. The fourth-order valence-electron chi connectivity index (χ4n) is 3.85. The predicted molar refractivity (Wildman–Crippen MR) is 148 cm³/mol. The fourth-order valence-corrected chi connectivity index (χ4v) is 3.85. The van der Waals surface area contributed by atoms with Crippen molar-refractivity contribution in [2.75, 3.05) is 17.3 Å². The van der Waals surface area contributed by atoms with Crippen molar-refractivity contribution in [3.05, 3.63) is 47.5 Å². The van der Waals surface area contributed by atoms with E-state index in [9.17, 15) is 19.1 Å². The number of phenols is 1. The third kappa shape index (κ3) is 7.94. The van der Waals surface area contributed by atoms with Crippen molar-refractivity contribution in [3.8, 4) is 11.5 Å². The Hall–Kier alpha value is -3.09. The Morgan fingerprint density at radius 2 is 1.62 bits per heavy atom. The molecule has 0 heterocycles. The highest BCUT2D eigenvalue weighted by Crippen LogP contribution is 2.39. The van der Waals surface area contributed by atoms with E-state index in [2.05, 4.69) is 64.3 Å². The standard InChI is InChI=1S/C30H43FN2O4/c1-8-25(28(36)33-24-19-21(34)14-15-23(24)32-27(35)12-11-17-31)37-26-16-13-20(29(4,5)9-2)18-22(26)30(6,7)10-3/h13-16,18-19,25,34H,8-12,17H2,1-7H3,(H,32,35)(H,33,36). The van der Waals surface area contributed by atoms with E-state index < -0.39 is 18.7 Å². The van der Waals surface area contributed by atoms with Crippen LogP contribution in [0.5, 0.6) is 11.5 Å². The second-order valence-electron chi connectivity index (χ2n) is 10.8. The van der Waals surface area contributed by atoms with E-state index in [0.717, 1.165) is 18.4 Å². The maximum Gasteiger partial charge on any atom is 0.265 e. The molecular formula is C30H43FN2O4. The van der Waals surface area contributed by atoms with Crippen LogP contribution >= 0.6 is 0 Å². The highest BCUT2D eigenvalue weighted by molar-refractivity contribution is 6.01. The molecule has 37 heavy (non-hydrogen) atoms. The van der Waals surface area contributed by atoms with Gasteiger partial charge in [0.2, 0.25) is 5.91 Å². The van der Waals surface area contributed by atoms with Crippen LogP contribution in [0.15, 0.2) is 36.4 Å². The van der Waals surface area contributed by atoms with Gasteiger partial charge >= 0.3 is 0 Å². The van der Waals surface area contributed by atoms with Gasteiger partial charge in [-0.3, -0.25) is 14.0 Å². The Kier molecular flexibility index (Phi) is 10.5. The topological polar surface area (TPSA) is 87.7 Å². The Morgan fingerprint density at radius 3 is 2.22 bits per heavy atom. The molecule has 1 atom stereocenters. The van der Waals surface area contributed by atoms with Gasteiger partial charge in [-0.2, -0.15) is 0 Å². The van der Waals surface area contributed by atoms with E-state index in [1.165, 1.54) is 23.8 Å². The summed E-state index contributed by atoms with van der Waals surface area (Å²) in [5.41, 5.74) is 2.70. The van der Waals surface area contributed by atoms with E-state index in [4.69, 9.17) is 4.74 Å². The summed E-state index contributed by atoms with van der Waals surface area (Å²) in [5, 5.41) is 15.4. The number of phenolic OH excluding ortho intramolecular Hbond substituents is 1. The Labute approximate surface area is 221 Å². The molecule has 204 valence electrons. The van der Waals surface area contributed by atoms with Crippen LogP contribution in [0.1, 0.15) is 91.7 Å². The number of rotatable bonds is 13. The highest BCUT2D eigenvalue weighted by atomic mass is 19.1. The molecule has 2 aromatic rings. The van der Waals surface area contributed by atoms with Crippen LogP contribution in [-0.2, 0) is 20.4 Å². The first-order valence-electron chi connectivity index (χ1n) is 13.2. The van der Waals surface area contributed by atoms with E-state index in [1.807, 2.05) is 13.0 Å². The summed E-state index contributed by atoms with van der Waals surface area (Å²) < 4.78 is 18.8. The first-order valence-corrected chi connectivity index (χ1v) is 13.2. The average Bonchev–Trinajstić information content (AvgIpc) is 2.87. The van der Waals surface area contributed by atoms with Crippen LogP contribution in [0.3, 0.4) is 0 Å². The molecule has 0 bridgehead atoms. The number of ether oxygens (including phenoxy) is 1. The smallest absolute Gasteiger partial charge is 0.265 e. The Morgan fingerprint density at radius 1 is 0.946 bits per heavy atom. The first kappa shape index (κ1) is 30.1. The molecule has 0 aliphatic rings. The minimum Gasteiger partial charge on any atom is -0.508 e. The number of hydrogen-bond acceptors (Lipinski definition) is 4. The van der Waals surface area contributed by atoms with Gasteiger partial charge in [-0.15, -0.1) is 0 Å². The molecule has 0 radical (unpaired) electrons. The molecule has 2 rings (SSSR count). The number of carbonyl (C=O) groups excluding carboxylic acids is 2. The van der Waals surface area contributed by atoms with Gasteiger partial charge in [-0.1, -0.05) is 60.6 Å². The second kappa shape index (κ2) is 12.9. The minimum atomic E-state index is -0.797. The number of benzene rings is 2. The van der Waals surface area contributed by atoms with E-state index in [0.29, 0.717) is 17.9 Å². The van der Waals surface area contributed by atoms with E-state index >= 15 is 0 Å². The van der Waals surface area contributed by atoms with Gasteiger partial charge in [0.05, 0.1) is 18.0 Å². The maximum atomic E-state index is 13.3. The van der Waals surface area contributed by atoms with Crippen molar-refractivity contribution in [1.29, 1.82) is 0 Å². The van der Waals surface area contributed by atoms with Crippen LogP contribution in [0.25, 0.3) is 0 Å². The van der Waals surface area contributed by atoms with Crippen molar-refractivity contribution in [2.45, 2.75) is 97.5 Å². The number of aromatic hydroxyl groups is 1. The summed E-state index contributed by atoms with van der Waals surface area (Å²) in [7, 11) is 0. The lowest BCUT2D eigenvalue weighted by Gasteiger charge is -2.31. The summed E-state index contributed by atoms with van der Waals surface area (Å²) in [5.74, 6) is -0.165. The molecule has 1 unspecified atom stereocenters. The van der Waals surface area contributed by atoms with Crippen molar-refractivity contribution in [3.63, 3.8) is 0 Å². The van der Waals surface area contributed by atoms with Gasteiger partial charge in [0.1, 0.15) is 11.5 Å². The molecular weight excluding hydrogens is 471 g/mol. The summed E-state index contributed by atoms with van der Waals surface area (Å²) in [6, 6.07) is 10.5. The van der Waals surface area contributed by atoms with Gasteiger partial charge in [0, 0.05) is 18.1 Å². The quantitative estimate of drug-likeness (QED) is 0.246. The summed E-state index contributed by atoms with van der Waals surface area (Å²) >= 11 is 0. The number of amides is 2. The van der Waals surface area contributed by atoms with Gasteiger partial charge in [0.15, 0.2) is 6.10 Å². The van der Waals surface area contributed by atoms with Gasteiger partial charge in [-0.05, 0) is 60.3 Å². The van der Waals surface area contributed by atoms with Crippen molar-refractivity contribution in [1.82, 2.24) is 0 Å². The molecule has 0 aliphatic heterocycles. The molecule has 2 amide bonds. The van der Waals surface area contributed by atoms with Gasteiger partial charge < -0.3 is 20.5 Å². The third-order valence-corrected chi connectivity index (χ3v) is 7.26. The first-order chi connectivity index (χ1) is 17.4. The highest BCUT2D eigenvalue weighted by Gasteiger charge is 2.29. The molecule has 0 aliphatic carbocycles. The lowest BCUT2D eigenvalue weighted by Crippen LogP contribution is -2.33. The molecule has 0 spiro atoms. The van der Waals surface area contributed by atoms with Crippen LogP contribution < -0.4 is 15.4 Å². The number of halogens is 1. The largest absolute Gasteiger partial charge is 0.508 e. The summed E-state index contributed by atoms with van der Waals surface area (Å²) in [4.78, 5) is 25.4. The number of hydrogen-bond donors (Lipinski definition) is 3. The minimum absolute atomic E-state index is 0.0129. The van der Waals surface area contributed by atoms with Crippen molar-refractivity contribution in [2.24, 2.45) is 0 Å². The molecule has 0 saturated carbocycles. The number of nitrogens with one attached hydrogen (secondary N) is 2. The van der Waals surface area contributed by atoms with Crippen molar-refractivity contribution >= 4 is 23.2 Å². The van der Waals surface area contributed by atoms with Crippen molar-refractivity contribution < 1.29 is 23.8 Å². The lowest BCUT2D eigenvalue weighted by atomic mass is 9.76. The average molecular weight is 515 g/mol. The van der Waals surface area contributed by atoms with Crippen LogP contribution in [0.2, 0.25) is 0 Å². The number of anilines is 2. The fraction of sp³-hybridized carbons (Fsp3) is 0.533. The maximum absolute atomic E-state index is 13.3. The molecule has 6 nitrogen and oxygen atoms in total. The van der Waals surface area contributed by atoms with Crippen LogP contribution in [0, 0.1) is 0 Å². The van der Waals surface area contributed by atoms with E-state index in [1.54, 1.807) is 0 Å². The van der Waals surface area contributed by atoms with Crippen LogP contribution in [-0.4, -0.2) is 29.7 Å². The zero-order chi connectivity index (χ0) is 27.8. The zero-order valence-electron chi connectivity index (χ0n) is 23.3. The molecule has 0 saturated heterocycles. The molecule has 0 fully saturated rings. The molecule has 3 N–H and O–H groups in total. The molecule has 7 heteroatoms. The lowest BCUT2D eigenvalue weighted by molar-refractivity contribution is -0.123. The number of alkyl halides is 1. The van der Waals surface area contributed by atoms with Crippen LogP contribution in [0.4, 0.5) is 15.8 Å². The van der Waals surface area contributed by atoms with Gasteiger partial charge in [0.25, 0.3) is 5.91 Å². The Balaban J connectivity index is 2.34. The zero-order valence-corrected chi connectivity index (χ0v) is 23.3. The monoisotopic (exact) mass is 514 g/mol. The molecule has 2 aromatic carbocycles.